The minimum atomic E-state index is -4.38. The van der Waals surface area contributed by atoms with E-state index in [0.29, 0.717) is 6.61 Å². The fraction of sp³-hybridized carbons (Fsp3) is 0.231. The summed E-state index contributed by atoms with van der Waals surface area (Å²) >= 11 is 0. The van der Waals surface area contributed by atoms with Crippen LogP contribution in [0.3, 0.4) is 0 Å². The molecule has 0 heterocycles. The van der Waals surface area contributed by atoms with E-state index in [0.717, 1.165) is 23.3 Å². The average molecular weight is 456 g/mol. The summed E-state index contributed by atoms with van der Waals surface area (Å²) in [5.74, 6) is 0. The number of halogens is 3. The van der Waals surface area contributed by atoms with Crippen LogP contribution in [0, 0.1) is 0 Å². The van der Waals surface area contributed by atoms with Gasteiger partial charge in [0.1, 0.15) is 6.79 Å². The predicted molar refractivity (Wildman–Crippen MR) is 123 cm³/mol. The van der Waals surface area contributed by atoms with Gasteiger partial charge < -0.3 is 9.47 Å². The van der Waals surface area contributed by atoms with Crippen LogP contribution in [0.25, 0.3) is 0 Å². The van der Waals surface area contributed by atoms with Crippen LogP contribution in [-0.2, 0) is 21.1 Å². The number of ether oxygens (including phenoxy) is 2. The fourth-order valence-electron chi connectivity index (χ4n) is 4.26. The second kappa shape index (κ2) is 9.19. The van der Waals surface area contributed by atoms with Crippen LogP contribution in [0.2, 0.25) is 0 Å². The summed E-state index contributed by atoms with van der Waals surface area (Å²) in [6.07, 6.45) is -4.38. The van der Waals surface area contributed by atoms with E-state index < -0.39 is 25.1 Å². The summed E-state index contributed by atoms with van der Waals surface area (Å²) in [6.45, 7) is 4.78. The lowest BCUT2D eigenvalue weighted by atomic mass is 9.95. The van der Waals surface area contributed by atoms with Crippen LogP contribution in [0.5, 0.6) is 0 Å². The standard InChI is InChI=1S/C26H24F3O2P/c1-19-24(32(22-9-5-3-6-10-22)23-11-7-4-8-12-23)25(19,17-31-18-30-2)20-13-15-21(16-14-20)26(27,28)29/h3-16,24H,1,17-18H2,2H3/t24-,25-/m1/s1. The molecule has 0 amide bonds. The first-order valence-electron chi connectivity index (χ1n) is 10.2. The zero-order chi connectivity index (χ0) is 22.8. The Morgan fingerprint density at radius 1 is 0.875 bits per heavy atom. The first kappa shape index (κ1) is 22.7. The fourth-order valence-corrected chi connectivity index (χ4v) is 7.44. The molecule has 6 heteroatoms. The summed E-state index contributed by atoms with van der Waals surface area (Å²) in [4.78, 5) is 0. The van der Waals surface area contributed by atoms with Crippen molar-refractivity contribution in [3.63, 3.8) is 0 Å². The van der Waals surface area contributed by atoms with Crippen LogP contribution >= 0.6 is 7.92 Å². The van der Waals surface area contributed by atoms with Gasteiger partial charge in [0, 0.05) is 12.8 Å². The van der Waals surface area contributed by atoms with Crippen LogP contribution in [0.15, 0.2) is 97.1 Å². The van der Waals surface area contributed by atoms with Crippen molar-refractivity contribution in [2.45, 2.75) is 17.3 Å². The molecule has 0 aromatic heterocycles. The molecule has 4 rings (SSSR count). The Balaban J connectivity index is 1.78. The van der Waals surface area contributed by atoms with Gasteiger partial charge in [0.05, 0.1) is 17.6 Å². The molecule has 1 aliphatic rings. The molecule has 0 aliphatic heterocycles. The van der Waals surface area contributed by atoms with Crippen molar-refractivity contribution >= 4 is 18.5 Å². The maximum atomic E-state index is 13.1. The van der Waals surface area contributed by atoms with Gasteiger partial charge in [0.15, 0.2) is 0 Å². The third kappa shape index (κ3) is 4.25. The molecule has 2 nitrogen and oxygen atoms in total. The summed E-state index contributed by atoms with van der Waals surface area (Å²) in [7, 11) is 0.703. The molecule has 1 aliphatic carbocycles. The van der Waals surface area contributed by atoms with Crippen molar-refractivity contribution in [3.8, 4) is 0 Å². The third-order valence-corrected chi connectivity index (χ3v) is 8.85. The molecule has 3 aromatic rings. The molecule has 0 N–H and O–H groups in total. The number of methoxy groups -OCH3 is 1. The quantitative estimate of drug-likeness (QED) is 0.189. The summed E-state index contributed by atoms with van der Waals surface area (Å²) in [6, 6.07) is 25.9. The smallest absolute Gasteiger partial charge is 0.359 e. The normalized spacial score (nSPS) is 20.5. The van der Waals surface area contributed by atoms with E-state index in [1.54, 1.807) is 19.2 Å². The molecule has 0 spiro atoms. The molecule has 3 aromatic carbocycles. The van der Waals surface area contributed by atoms with Gasteiger partial charge in [0.2, 0.25) is 0 Å². The molecule has 32 heavy (non-hydrogen) atoms. The molecule has 1 saturated carbocycles. The zero-order valence-electron chi connectivity index (χ0n) is 17.7. The zero-order valence-corrected chi connectivity index (χ0v) is 18.6. The third-order valence-electron chi connectivity index (χ3n) is 5.87. The first-order chi connectivity index (χ1) is 15.4. The Labute approximate surface area is 187 Å². The average Bonchev–Trinajstić information content (AvgIpc) is 3.39. The summed E-state index contributed by atoms with van der Waals surface area (Å²) in [5.41, 5.74) is 0.574. The summed E-state index contributed by atoms with van der Waals surface area (Å²) in [5, 5.41) is 2.39. The Morgan fingerprint density at radius 2 is 1.41 bits per heavy atom. The van der Waals surface area contributed by atoms with Crippen LogP contribution in [0.1, 0.15) is 11.1 Å². The molecule has 0 bridgehead atoms. The molecular formula is C26H24F3O2P. The first-order valence-corrected chi connectivity index (χ1v) is 11.6. The van der Waals surface area contributed by atoms with E-state index in [1.807, 2.05) is 36.4 Å². The van der Waals surface area contributed by atoms with Gasteiger partial charge in [-0.05, 0) is 36.2 Å². The highest BCUT2D eigenvalue weighted by atomic mass is 31.1. The van der Waals surface area contributed by atoms with Crippen molar-refractivity contribution in [2.75, 3.05) is 20.5 Å². The van der Waals surface area contributed by atoms with E-state index >= 15 is 0 Å². The summed E-state index contributed by atoms with van der Waals surface area (Å²) < 4.78 is 50.3. The highest BCUT2D eigenvalue weighted by Gasteiger charge is 2.63. The molecule has 0 saturated heterocycles. The second-order valence-electron chi connectivity index (χ2n) is 7.77. The lowest BCUT2D eigenvalue weighted by molar-refractivity contribution is -0.137. The lowest BCUT2D eigenvalue weighted by Crippen LogP contribution is -2.25. The number of hydrogen-bond donors (Lipinski definition) is 0. The van der Waals surface area contributed by atoms with E-state index in [-0.39, 0.29) is 12.5 Å². The Morgan fingerprint density at radius 3 is 1.88 bits per heavy atom. The maximum Gasteiger partial charge on any atom is 0.416 e. The maximum absolute atomic E-state index is 13.1. The van der Waals surface area contributed by atoms with E-state index in [4.69, 9.17) is 9.47 Å². The molecular weight excluding hydrogens is 432 g/mol. The highest BCUT2D eigenvalue weighted by molar-refractivity contribution is 7.74. The number of rotatable bonds is 8. The van der Waals surface area contributed by atoms with Gasteiger partial charge in [-0.25, -0.2) is 0 Å². The van der Waals surface area contributed by atoms with E-state index in [9.17, 15) is 13.2 Å². The van der Waals surface area contributed by atoms with Gasteiger partial charge in [-0.15, -0.1) is 0 Å². The monoisotopic (exact) mass is 456 g/mol. The second-order valence-corrected chi connectivity index (χ2v) is 10.1. The number of benzene rings is 3. The van der Waals surface area contributed by atoms with Gasteiger partial charge >= 0.3 is 6.18 Å². The molecule has 2 atom stereocenters. The van der Waals surface area contributed by atoms with Gasteiger partial charge in [0.25, 0.3) is 0 Å². The van der Waals surface area contributed by atoms with Crippen LogP contribution < -0.4 is 10.6 Å². The SMILES string of the molecule is C=C1[C@@H](P(c2ccccc2)c2ccccc2)[C@@]1(COCOC)c1ccc(C(F)(F)F)cc1. The van der Waals surface area contributed by atoms with E-state index in [1.165, 1.54) is 10.6 Å². The molecule has 0 radical (unpaired) electrons. The topological polar surface area (TPSA) is 18.5 Å². The van der Waals surface area contributed by atoms with Crippen LogP contribution in [-0.4, -0.2) is 26.2 Å². The highest BCUT2D eigenvalue weighted by Crippen LogP contribution is 2.68. The van der Waals surface area contributed by atoms with Gasteiger partial charge in [-0.1, -0.05) is 84.9 Å². The van der Waals surface area contributed by atoms with Crippen molar-refractivity contribution in [2.24, 2.45) is 0 Å². The predicted octanol–water partition coefficient (Wildman–Crippen LogP) is 5.64. The largest absolute Gasteiger partial charge is 0.416 e. The Kier molecular flexibility index (Phi) is 6.52. The van der Waals surface area contributed by atoms with Crippen LogP contribution in [0.4, 0.5) is 13.2 Å². The van der Waals surface area contributed by atoms with Gasteiger partial charge in [-0.3, -0.25) is 0 Å². The lowest BCUT2D eigenvalue weighted by Gasteiger charge is -2.24. The van der Waals surface area contributed by atoms with Gasteiger partial charge in [-0.2, -0.15) is 13.2 Å². The number of hydrogen-bond acceptors (Lipinski definition) is 2. The van der Waals surface area contributed by atoms with Crippen molar-refractivity contribution < 1.29 is 22.6 Å². The Hall–Kier alpha value is -2.46. The number of alkyl halides is 3. The Bertz CT molecular complexity index is 1010. The van der Waals surface area contributed by atoms with Crippen molar-refractivity contribution in [3.05, 3.63) is 108 Å². The minimum absolute atomic E-state index is 0.0379. The minimum Gasteiger partial charge on any atom is -0.359 e. The van der Waals surface area contributed by atoms with Crippen molar-refractivity contribution in [1.29, 1.82) is 0 Å². The molecule has 1 fully saturated rings. The van der Waals surface area contributed by atoms with Crippen molar-refractivity contribution in [1.82, 2.24) is 0 Å². The molecule has 166 valence electrons. The molecule has 0 unspecified atom stereocenters. The van der Waals surface area contributed by atoms with E-state index in [2.05, 4.69) is 30.8 Å².